The zero-order valence-corrected chi connectivity index (χ0v) is 14.0. The molecule has 1 unspecified atom stereocenters. The summed E-state index contributed by atoms with van der Waals surface area (Å²) >= 11 is 15.2. The highest BCUT2D eigenvalue weighted by atomic mass is 79.9. The van der Waals surface area contributed by atoms with Crippen molar-refractivity contribution < 1.29 is 4.74 Å². The van der Waals surface area contributed by atoms with Crippen molar-refractivity contribution in [1.82, 2.24) is 0 Å². The molecule has 5 heteroatoms. The zero-order valence-electron chi connectivity index (χ0n) is 9.25. The van der Waals surface area contributed by atoms with Crippen LogP contribution in [0.25, 0.3) is 0 Å². The van der Waals surface area contributed by atoms with Crippen LogP contribution in [0.3, 0.4) is 0 Å². The van der Waals surface area contributed by atoms with Crippen molar-refractivity contribution in [2.24, 2.45) is 0 Å². The molecule has 0 saturated heterocycles. The molecule has 2 aromatic rings. The highest BCUT2D eigenvalue weighted by molar-refractivity contribution is 9.12. The second kappa shape index (κ2) is 5.25. The van der Waals surface area contributed by atoms with Crippen LogP contribution in [0, 0.1) is 0 Å². The van der Waals surface area contributed by atoms with Gasteiger partial charge in [-0.25, -0.2) is 0 Å². The monoisotopic (exact) mass is 406 g/mol. The third-order valence-corrected chi connectivity index (χ3v) is 5.87. The van der Waals surface area contributed by atoms with E-state index in [0.29, 0.717) is 6.61 Å². The van der Waals surface area contributed by atoms with Crippen LogP contribution in [-0.4, -0.2) is 0 Å². The van der Waals surface area contributed by atoms with E-state index in [2.05, 4.69) is 56.1 Å². The van der Waals surface area contributed by atoms with Crippen molar-refractivity contribution in [1.29, 1.82) is 0 Å². The van der Waals surface area contributed by atoms with Crippen molar-refractivity contribution in [2.75, 3.05) is 0 Å². The highest BCUT2D eigenvalue weighted by Gasteiger charge is 2.19. The summed E-state index contributed by atoms with van der Waals surface area (Å²) < 4.78 is 7.58. The molecule has 0 saturated carbocycles. The second-order valence-electron chi connectivity index (χ2n) is 4.16. The number of alkyl halides is 1. The van der Waals surface area contributed by atoms with Gasteiger partial charge in [-0.1, -0.05) is 18.2 Å². The van der Waals surface area contributed by atoms with E-state index in [1.54, 1.807) is 11.3 Å². The molecule has 0 radical (unpaired) electrons. The largest absolute Gasteiger partial charge is 0.372 e. The van der Waals surface area contributed by atoms with E-state index in [-0.39, 0.29) is 5.38 Å². The van der Waals surface area contributed by atoms with Crippen molar-refractivity contribution in [3.63, 3.8) is 0 Å². The Morgan fingerprint density at radius 3 is 2.67 bits per heavy atom. The van der Waals surface area contributed by atoms with Gasteiger partial charge >= 0.3 is 0 Å². The summed E-state index contributed by atoms with van der Waals surface area (Å²) in [5.41, 5.74) is 4.75. The van der Waals surface area contributed by atoms with Gasteiger partial charge in [0.25, 0.3) is 0 Å². The number of halogens is 3. The first kappa shape index (κ1) is 13.1. The first-order valence-electron chi connectivity index (χ1n) is 5.43. The minimum Gasteiger partial charge on any atom is -0.372 e. The fraction of sp³-hybridized carbons (Fsp3) is 0.231. The summed E-state index contributed by atoms with van der Waals surface area (Å²) in [7, 11) is 0. The molecular formula is C13H9Br2ClOS. The number of benzene rings is 1. The zero-order chi connectivity index (χ0) is 12.7. The van der Waals surface area contributed by atoms with E-state index >= 15 is 0 Å². The number of ether oxygens (including phenoxy) is 1. The number of hydrogen-bond donors (Lipinski definition) is 0. The predicted octanol–water partition coefficient (Wildman–Crippen LogP) is 5.63. The molecule has 1 aliphatic rings. The third kappa shape index (κ3) is 2.41. The molecule has 1 aliphatic heterocycles. The quantitative estimate of drug-likeness (QED) is 0.585. The Morgan fingerprint density at radius 1 is 1.17 bits per heavy atom. The van der Waals surface area contributed by atoms with Crippen LogP contribution in [0.1, 0.15) is 27.6 Å². The van der Waals surface area contributed by atoms with Crippen molar-refractivity contribution in [3.05, 3.63) is 54.1 Å². The SMILES string of the molecule is ClC(c1ccc2c(c1)COC2)c1cc(Br)sc1Br. The van der Waals surface area contributed by atoms with Gasteiger partial charge in [-0.05, 0) is 54.6 Å². The first-order valence-corrected chi connectivity index (χ1v) is 8.27. The van der Waals surface area contributed by atoms with Crippen LogP contribution >= 0.6 is 54.8 Å². The maximum absolute atomic E-state index is 6.57. The minimum absolute atomic E-state index is 0.132. The second-order valence-corrected chi connectivity index (χ2v) is 8.35. The highest BCUT2D eigenvalue weighted by Crippen LogP contribution is 2.41. The maximum Gasteiger partial charge on any atom is 0.0855 e. The number of rotatable bonds is 2. The van der Waals surface area contributed by atoms with Crippen molar-refractivity contribution >= 4 is 54.8 Å². The molecule has 3 rings (SSSR count). The van der Waals surface area contributed by atoms with Gasteiger partial charge in [0.15, 0.2) is 0 Å². The Kier molecular flexibility index (Phi) is 3.83. The van der Waals surface area contributed by atoms with Crippen LogP contribution in [0.4, 0.5) is 0 Å². The Morgan fingerprint density at radius 2 is 1.94 bits per heavy atom. The molecule has 1 nitrogen and oxygen atoms in total. The molecule has 18 heavy (non-hydrogen) atoms. The van der Waals surface area contributed by atoms with Gasteiger partial charge in [0.2, 0.25) is 0 Å². The van der Waals surface area contributed by atoms with Crippen LogP contribution in [-0.2, 0) is 18.0 Å². The van der Waals surface area contributed by atoms with Gasteiger partial charge in [-0.2, -0.15) is 0 Å². The lowest BCUT2D eigenvalue weighted by Crippen LogP contribution is -1.94. The molecular weight excluding hydrogens is 399 g/mol. The number of thiophene rings is 1. The van der Waals surface area contributed by atoms with E-state index < -0.39 is 0 Å². The smallest absolute Gasteiger partial charge is 0.0855 e. The summed E-state index contributed by atoms with van der Waals surface area (Å²) in [4.78, 5) is 0. The number of fused-ring (bicyclic) bond motifs is 1. The fourth-order valence-electron chi connectivity index (χ4n) is 2.05. The normalized spacial score (nSPS) is 15.7. The average molecular weight is 409 g/mol. The van der Waals surface area contributed by atoms with Gasteiger partial charge < -0.3 is 4.74 Å². The fourth-order valence-corrected chi connectivity index (χ4v) is 5.46. The average Bonchev–Trinajstić information content (AvgIpc) is 2.93. The van der Waals surface area contributed by atoms with Gasteiger partial charge in [-0.3, -0.25) is 0 Å². The molecule has 1 aromatic carbocycles. The maximum atomic E-state index is 6.57. The molecule has 0 amide bonds. The predicted molar refractivity (Wildman–Crippen MR) is 82.4 cm³/mol. The molecule has 1 atom stereocenters. The molecule has 0 spiro atoms. The van der Waals surface area contributed by atoms with Gasteiger partial charge in [-0.15, -0.1) is 22.9 Å². The number of hydrogen-bond acceptors (Lipinski definition) is 2. The van der Waals surface area contributed by atoms with Crippen LogP contribution in [0.5, 0.6) is 0 Å². The molecule has 0 aliphatic carbocycles. The van der Waals surface area contributed by atoms with Gasteiger partial charge in [0, 0.05) is 5.56 Å². The Bertz CT molecular complexity index is 597. The Balaban J connectivity index is 1.97. The van der Waals surface area contributed by atoms with Gasteiger partial charge in [0.05, 0.1) is 26.2 Å². The van der Waals surface area contributed by atoms with Crippen LogP contribution in [0.2, 0.25) is 0 Å². The summed E-state index contributed by atoms with van der Waals surface area (Å²) in [6.45, 7) is 1.41. The molecule has 0 bridgehead atoms. The molecule has 1 aromatic heterocycles. The van der Waals surface area contributed by atoms with Crippen molar-refractivity contribution in [2.45, 2.75) is 18.6 Å². The Hall–Kier alpha value is 0.130. The van der Waals surface area contributed by atoms with E-state index in [1.165, 1.54) is 11.1 Å². The first-order chi connectivity index (χ1) is 8.65. The lowest BCUT2D eigenvalue weighted by molar-refractivity contribution is 0.134. The lowest BCUT2D eigenvalue weighted by atomic mass is 10.0. The standard InChI is InChI=1S/C13H9Br2ClOS/c14-11-4-10(13(15)18-11)12(16)7-1-2-8-5-17-6-9(8)3-7/h1-4,12H,5-6H2. The third-order valence-electron chi connectivity index (χ3n) is 2.99. The van der Waals surface area contributed by atoms with E-state index in [9.17, 15) is 0 Å². The van der Waals surface area contributed by atoms with E-state index in [4.69, 9.17) is 16.3 Å². The van der Waals surface area contributed by atoms with Crippen LogP contribution in [0.15, 0.2) is 31.8 Å². The molecule has 94 valence electrons. The lowest BCUT2D eigenvalue weighted by Gasteiger charge is -2.10. The van der Waals surface area contributed by atoms with Gasteiger partial charge in [0.1, 0.15) is 0 Å². The Labute approximate surface area is 131 Å². The van der Waals surface area contributed by atoms with Crippen LogP contribution < -0.4 is 0 Å². The molecule has 0 fully saturated rings. The minimum atomic E-state index is -0.132. The summed E-state index contributed by atoms with van der Waals surface area (Å²) in [6.07, 6.45) is 0. The topological polar surface area (TPSA) is 9.23 Å². The molecule has 2 heterocycles. The molecule has 0 N–H and O–H groups in total. The summed E-state index contributed by atoms with van der Waals surface area (Å²) in [5.74, 6) is 0. The van der Waals surface area contributed by atoms with E-state index in [1.807, 2.05) is 0 Å². The summed E-state index contributed by atoms with van der Waals surface area (Å²) in [6, 6.07) is 8.42. The van der Waals surface area contributed by atoms with E-state index in [0.717, 1.165) is 25.3 Å². The van der Waals surface area contributed by atoms with Crippen molar-refractivity contribution in [3.8, 4) is 0 Å². The summed E-state index contributed by atoms with van der Waals surface area (Å²) in [5, 5.41) is -0.132.